The normalized spacial score (nSPS) is 18.9. The number of rotatable bonds is 6. The Morgan fingerprint density at radius 2 is 1.87 bits per heavy atom. The maximum Gasteiger partial charge on any atom is 0.250 e. The van der Waals surface area contributed by atoms with Gasteiger partial charge in [-0.25, -0.2) is 0 Å². The van der Waals surface area contributed by atoms with Gasteiger partial charge in [-0.2, -0.15) is 0 Å². The SMILES string of the molecule is C.C[N+]1(C2CCc3c(sc(CC(=O)Cc4ccc(Cl)cc4)c3C(N)=O)C2)CCC1.[I-]. The molecule has 1 aliphatic heterocycles. The lowest BCUT2D eigenvalue weighted by molar-refractivity contribution is -0.969. The van der Waals surface area contributed by atoms with Crippen LogP contribution in [0.5, 0.6) is 0 Å². The lowest BCUT2D eigenvalue weighted by atomic mass is 9.87. The summed E-state index contributed by atoms with van der Waals surface area (Å²) in [6.07, 6.45) is 4.92. The summed E-state index contributed by atoms with van der Waals surface area (Å²) in [7, 11) is 2.35. The van der Waals surface area contributed by atoms with Crippen molar-refractivity contribution in [2.45, 2.75) is 52.0 Å². The van der Waals surface area contributed by atoms with Crippen LogP contribution in [0.4, 0.5) is 0 Å². The number of carbonyl (C=O) groups excluding carboxylic acids is 2. The molecule has 1 saturated heterocycles. The van der Waals surface area contributed by atoms with Gasteiger partial charge in [-0.3, -0.25) is 9.59 Å². The first-order valence-corrected chi connectivity index (χ1v) is 11.1. The van der Waals surface area contributed by atoms with Crippen LogP contribution in [0.1, 0.15) is 51.5 Å². The van der Waals surface area contributed by atoms with Crippen molar-refractivity contribution in [3.63, 3.8) is 0 Å². The fourth-order valence-corrected chi connectivity index (χ4v) is 6.25. The van der Waals surface area contributed by atoms with Crippen LogP contribution in [0.25, 0.3) is 0 Å². The first-order chi connectivity index (χ1) is 13.4. The van der Waals surface area contributed by atoms with Gasteiger partial charge < -0.3 is 34.2 Å². The van der Waals surface area contributed by atoms with E-state index in [0.29, 0.717) is 23.0 Å². The summed E-state index contributed by atoms with van der Waals surface area (Å²) in [6.45, 7) is 2.50. The molecule has 2 heterocycles. The smallest absolute Gasteiger partial charge is 0.250 e. The predicted molar refractivity (Wildman–Crippen MR) is 120 cm³/mol. The van der Waals surface area contributed by atoms with Gasteiger partial charge >= 0.3 is 0 Å². The summed E-state index contributed by atoms with van der Waals surface area (Å²) in [5, 5.41) is 0.659. The molecule has 2 N–H and O–H groups in total. The highest BCUT2D eigenvalue weighted by molar-refractivity contribution is 7.12. The van der Waals surface area contributed by atoms with Crippen LogP contribution in [0.2, 0.25) is 5.02 Å². The van der Waals surface area contributed by atoms with E-state index in [0.717, 1.165) is 39.7 Å². The third-order valence-corrected chi connectivity index (χ3v) is 7.96. The lowest BCUT2D eigenvalue weighted by Gasteiger charge is -2.49. The molecule has 1 atom stereocenters. The molecule has 4 nitrogen and oxygen atoms in total. The molecular weight excluding hydrogens is 531 g/mol. The summed E-state index contributed by atoms with van der Waals surface area (Å²) in [5.41, 5.74) is 8.39. The fraction of sp³-hybridized carbons (Fsp3) is 0.478. The standard InChI is InChI=1S/C22H25ClN2O2S.CH4.HI/c1-25(9-2-10-25)16-7-8-18-19(12-16)28-20(21(18)22(24)27)13-17(26)11-14-3-5-15(23)6-4-14;;/h3-6,16H,2,7-13H2,1H3,(H-,24,27);1H4;1H. The Kier molecular flexibility index (Phi) is 8.52. The Hall–Kier alpha value is -0.960. The Morgan fingerprint density at radius 3 is 2.43 bits per heavy atom. The second-order valence-electron chi connectivity index (χ2n) is 8.36. The van der Waals surface area contributed by atoms with Crippen molar-refractivity contribution in [1.29, 1.82) is 0 Å². The molecule has 2 aliphatic rings. The van der Waals surface area contributed by atoms with Gasteiger partial charge in [0.1, 0.15) is 5.78 Å². The van der Waals surface area contributed by atoms with E-state index in [9.17, 15) is 9.59 Å². The monoisotopic (exact) mass is 560 g/mol. The molecule has 0 spiro atoms. The molecule has 4 rings (SSSR count). The number of benzene rings is 1. The number of quaternary nitrogens is 1. The van der Waals surface area contributed by atoms with Crippen molar-refractivity contribution < 1.29 is 38.0 Å². The summed E-state index contributed by atoms with van der Waals surface area (Å²) in [5.74, 6) is -0.295. The highest BCUT2D eigenvalue weighted by Crippen LogP contribution is 2.39. The molecular formula is C23H30ClIN2O2S. The van der Waals surface area contributed by atoms with Crippen molar-refractivity contribution >= 4 is 34.6 Å². The third-order valence-electron chi connectivity index (χ3n) is 6.45. The molecule has 1 amide bonds. The minimum Gasteiger partial charge on any atom is -1.00 e. The van der Waals surface area contributed by atoms with Crippen LogP contribution < -0.4 is 29.7 Å². The summed E-state index contributed by atoms with van der Waals surface area (Å²) >= 11 is 7.55. The number of carbonyl (C=O) groups is 2. The molecule has 1 aliphatic carbocycles. The Balaban J connectivity index is 0.00000160. The van der Waals surface area contributed by atoms with Crippen molar-refractivity contribution in [3.8, 4) is 0 Å². The average Bonchev–Trinajstić information content (AvgIpc) is 2.98. The Bertz CT molecular complexity index is 922. The van der Waals surface area contributed by atoms with Crippen LogP contribution in [0.3, 0.4) is 0 Å². The Labute approximate surface area is 205 Å². The van der Waals surface area contributed by atoms with Crippen LogP contribution in [0.15, 0.2) is 24.3 Å². The molecule has 7 heteroatoms. The number of primary amides is 1. The van der Waals surface area contributed by atoms with Gasteiger partial charge in [-0.15, -0.1) is 11.3 Å². The number of halogens is 2. The number of Topliss-reactive ketones (excluding diaryl/α,β-unsaturated/α-hetero) is 1. The van der Waals surface area contributed by atoms with Gasteiger partial charge in [0.05, 0.1) is 31.7 Å². The zero-order chi connectivity index (χ0) is 19.9. The van der Waals surface area contributed by atoms with Gasteiger partial charge in [-0.1, -0.05) is 31.2 Å². The van der Waals surface area contributed by atoms with Crippen molar-refractivity contribution in [2.75, 3.05) is 20.1 Å². The minimum absolute atomic E-state index is 0. The molecule has 30 heavy (non-hydrogen) atoms. The second kappa shape index (κ2) is 10.1. The zero-order valence-corrected chi connectivity index (χ0v) is 20.3. The minimum atomic E-state index is -0.394. The maximum atomic E-state index is 12.7. The number of nitrogens with zero attached hydrogens (tertiary/aromatic N) is 1. The van der Waals surface area contributed by atoms with Gasteiger partial charge in [-0.05, 0) is 29.7 Å². The molecule has 164 valence electrons. The van der Waals surface area contributed by atoms with E-state index in [1.807, 2.05) is 12.1 Å². The van der Waals surface area contributed by atoms with Crippen LogP contribution in [-0.2, 0) is 30.5 Å². The zero-order valence-electron chi connectivity index (χ0n) is 16.5. The van der Waals surface area contributed by atoms with E-state index < -0.39 is 5.91 Å². The quantitative estimate of drug-likeness (QED) is 0.427. The van der Waals surface area contributed by atoms with Crippen molar-refractivity contribution in [1.82, 2.24) is 0 Å². The fourth-order valence-electron chi connectivity index (χ4n) is 4.66. The molecule has 1 aromatic carbocycles. The van der Waals surface area contributed by atoms with E-state index in [4.69, 9.17) is 17.3 Å². The second-order valence-corrected chi connectivity index (χ2v) is 9.99. The number of likely N-dealkylation sites (N-methyl/N-ethyl adjacent to an activating group) is 1. The number of hydrogen-bond donors (Lipinski definition) is 1. The van der Waals surface area contributed by atoms with Gasteiger partial charge in [0.2, 0.25) is 5.91 Å². The first-order valence-electron chi connectivity index (χ1n) is 9.89. The number of nitrogens with two attached hydrogens (primary N) is 1. The van der Waals surface area contributed by atoms with E-state index >= 15 is 0 Å². The van der Waals surface area contributed by atoms with Crippen molar-refractivity contribution in [2.24, 2.45) is 5.73 Å². The molecule has 1 unspecified atom stereocenters. The van der Waals surface area contributed by atoms with Gasteiger partial charge in [0.25, 0.3) is 0 Å². The Morgan fingerprint density at radius 1 is 1.20 bits per heavy atom. The molecule has 1 fully saturated rings. The van der Waals surface area contributed by atoms with E-state index in [1.165, 1.54) is 24.4 Å². The van der Waals surface area contributed by atoms with E-state index in [2.05, 4.69) is 7.05 Å². The number of hydrogen-bond acceptors (Lipinski definition) is 3. The van der Waals surface area contributed by atoms with Crippen LogP contribution >= 0.6 is 22.9 Å². The molecule has 0 saturated carbocycles. The predicted octanol–water partition coefficient (Wildman–Crippen LogP) is 1.20. The number of likely N-dealkylation sites (tertiary alicyclic amines) is 1. The number of thiophene rings is 1. The van der Waals surface area contributed by atoms with Crippen LogP contribution in [-0.4, -0.2) is 42.4 Å². The topological polar surface area (TPSA) is 60.2 Å². The van der Waals surface area contributed by atoms with Gasteiger partial charge in [0, 0.05) is 46.9 Å². The van der Waals surface area contributed by atoms with E-state index in [-0.39, 0.29) is 43.6 Å². The maximum absolute atomic E-state index is 12.7. The molecule has 2 aromatic rings. The number of amides is 1. The number of ketones is 1. The summed E-state index contributed by atoms with van der Waals surface area (Å²) < 4.78 is 1.15. The molecule has 0 radical (unpaired) electrons. The number of fused-ring (bicyclic) bond motifs is 1. The highest BCUT2D eigenvalue weighted by atomic mass is 127. The average molecular weight is 561 g/mol. The molecule has 0 bridgehead atoms. The molecule has 1 aromatic heterocycles. The first kappa shape index (κ1) is 25.3. The largest absolute Gasteiger partial charge is 1.00 e. The third kappa shape index (κ3) is 5.09. The van der Waals surface area contributed by atoms with Crippen LogP contribution in [0, 0.1) is 0 Å². The summed E-state index contributed by atoms with van der Waals surface area (Å²) in [4.78, 5) is 26.9. The lowest BCUT2D eigenvalue weighted by Crippen LogP contribution is -3.00. The van der Waals surface area contributed by atoms with Gasteiger partial charge in [0.15, 0.2) is 0 Å². The highest BCUT2D eigenvalue weighted by Gasteiger charge is 2.42. The van der Waals surface area contributed by atoms with E-state index in [1.54, 1.807) is 23.5 Å². The van der Waals surface area contributed by atoms with Crippen molar-refractivity contribution in [3.05, 3.63) is 55.7 Å². The summed E-state index contributed by atoms with van der Waals surface area (Å²) in [6, 6.07) is 7.95.